The van der Waals surface area contributed by atoms with E-state index in [1.807, 2.05) is 0 Å². The van der Waals surface area contributed by atoms with Crippen LogP contribution in [0.25, 0.3) is 0 Å². The Bertz CT molecular complexity index is 548. The fourth-order valence-electron chi connectivity index (χ4n) is 2.37. The molecule has 2 heteroatoms. The van der Waals surface area contributed by atoms with Gasteiger partial charge in [-0.1, -0.05) is 50.2 Å². The van der Waals surface area contributed by atoms with E-state index in [0.717, 1.165) is 6.54 Å². The molecule has 1 unspecified atom stereocenters. The van der Waals surface area contributed by atoms with Gasteiger partial charge in [-0.2, -0.15) is 0 Å². The molecular weight excluding hydrogens is 258 g/mol. The predicted molar refractivity (Wildman–Crippen MR) is 89.6 cm³/mol. The molecule has 0 heterocycles. The number of rotatable bonds is 7. The van der Waals surface area contributed by atoms with Crippen LogP contribution in [0.1, 0.15) is 42.9 Å². The second kappa shape index (κ2) is 7.84. The van der Waals surface area contributed by atoms with E-state index in [0.29, 0.717) is 12.5 Å². The molecule has 0 saturated heterocycles. The molecule has 0 saturated carbocycles. The molecule has 0 aliphatic carbocycles. The van der Waals surface area contributed by atoms with Crippen molar-refractivity contribution in [2.75, 3.05) is 12.4 Å². The molecular formula is C19H25NO. The average molecular weight is 283 g/mol. The Balaban J connectivity index is 1.95. The smallest absolute Gasteiger partial charge is 0.0713 e. The highest BCUT2D eigenvalue weighted by Gasteiger charge is 2.02. The molecule has 0 aliphatic rings. The van der Waals surface area contributed by atoms with E-state index in [1.54, 1.807) is 7.11 Å². The quantitative estimate of drug-likeness (QED) is 0.775. The van der Waals surface area contributed by atoms with Gasteiger partial charge in [0.15, 0.2) is 0 Å². The van der Waals surface area contributed by atoms with Crippen LogP contribution in [0.15, 0.2) is 48.5 Å². The molecule has 2 nitrogen and oxygen atoms in total. The van der Waals surface area contributed by atoms with Gasteiger partial charge in [-0.05, 0) is 41.2 Å². The van der Waals surface area contributed by atoms with Gasteiger partial charge in [0.25, 0.3) is 0 Å². The van der Waals surface area contributed by atoms with Crippen molar-refractivity contribution in [2.45, 2.75) is 39.3 Å². The van der Waals surface area contributed by atoms with Gasteiger partial charge in [0.1, 0.15) is 0 Å². The van der Waals surface area contributed by atoms with Gasteiger partial charge < -0.3 is 10.1 Å². The number of nitrogens with one attached hydrogen (secondary N) is 1. The first-order valence-corrected chi connectivity index (χ1v) is 7.63. The topological polar surface area (TPSA) is 21.3 Å². The lowest BCUT2D eigenvalue weighted by molar-refractivity contribution is 0.185. The van der Waals surface area contributed by atoms with Crippen LogP contribution in [0, 0.1) is 0 Å². The van der Waals surface area contributed by atoms with E-state index in [4.69, 9.17) is 4.74 Å². The van der Waals surface area contributed by atoms with E-state index in [9.17, 15) is 0 Å². The van der Waals surface area contributed by atoms with Crippen LogP contribution < -0.4 is 5.32 Å². The van der Waals surface area contributed by atoms with Crippen molar-refractivity contribution in [3.05, 3.63) is 65.2 Å². The minimum Gasteiger partial charge on any atom is -0.381 e. The van der Waals surface area contributed by atoms with Crippen LogP contribution in [0.4, 0.5) is 5.69 Å². The minimum atomic E-state index is 0.629. The van der Waals surface area contributed by atoms with E-state index >= 15 is 0 Å². The molecule has 1 N–H and O–H groups in total. The average Bonchev–Trinajstić information content (AvgIpc) is 2.53. The maximum absolute atomic E-state index is 5.17. The predicted octanol–water partition coefficient (Wildman–Crippen LogP) is 4.96. The van der Waals surface area contributed by atoms with Crippen LogP contribution in [-0.4, -0.2) is 7.11 Å². The third-order valence-corrected chi connectivity index (χ3v) is 3.89. The highest BCUT2D eigenvalue weighted by molar-refractivity contribution is 5.45. The monoisotopic (exact) mass is 283 g/mol. The molecule has 0 aliphatic heterocycles. The van der Waals surface area contributed by atoms with Gasteiger partial charge in [0.2, 0.25) is 0 Å². The fourth-order valence-corrected chi connectivity index (χ4v) is 2.37. The number of anilines is 1. The summed E-state index contributed by atoms with van der Waals surface area (Å²) in [6.45, 7) is 5.99. The summed E-state index contributed by atoms with van der Waals surface area (Å²) in [5.41, 5.74) is 5.06. The number of hydrogen-bond acceptors (Lipinski definition) is 2. The Labute approximate surface area is 128 Å². The maximum atomic E-state index is 5.17. The third-order valence-electron chi connectivity index (χ3n) is 3.89. The molecule has 0 spiro atoms. The molecule has 112 valence electrons. The normalized spacial score (nSPS) is 12.1. The molecule has 2 rings (SSSR count). The maximum Gasteiger partial charge on any atom is 0.0713 e. The van der Waals surface area contributed by atoms with Gasteiger partial charge >= 0.3 is 0 Å². The zero-order valence-electron chi connectivity index (χ0n) is 13.2. The molecule has 0 amide bonds. The second-order valence-electron chi connectivity index (χ2n) is 5.54. The van der Waals surface area contributed by atoms with Crippen LogP contribution in [0.3, 0.4) is 0 Å². The van der Waals surface area contributed by atoms with Crippen molar-refractivity contribution >= 4 is 5.69 Å². The van der Waals surface area contributed by atoms with E-state index in [-0.39, 0.29) is 0 Å². The van der Waals surface area contributed by atoms with Crippen LogP contribution in [-0.2, 0) is 17.9 Å². The fraction of sp³-hybridized carbons (Fsp3) is 0.368. The van der Waals surface area contributed by atoms with Gasteiger partial charge in [-0.15, -0.1) is 0 Å². The summed E-state index contributed by atoms with van der Waals surface area (Å²) in [5, 5.41) is 3.47. The second-order valence-corrected chi connectivity index (χ2v) is 5.54. The van der Waals surface area contributed by atoms with Gasteiger partial charge in [0.05, 0.1) is 6.61 Å². The highest BCUT2D eigenvalue weighted by Crippen LogP contribution is 2.20. The van der Waals surface area contributed by atoms with Crippen LogP contribution in [0.5, 0.6) is 0 Å². The van der Waals surface area contributed by atoms with Crippen molar-refractivity contribution in [1.82, 2.24) is 0 Å². The summed E-state index contributed by atoms with van der Waals surface area (Å²) in [4.78, 5) is 0. The molecule has 2 aromatic rings. The summed E-state index contributed by atoms with van der Waals surface area (Å²) >= 11 is 0. The molecule has 0 fully saturated rings. The first-order valence-electron chi connectivity index (χ1n) is 7.63. The lowest BCUT2D eigenvalue weighted by Gasteiger charge is -2.11. The van der Waals surface area contributed by atoms with Crippen LogP contribution in [0.2, 0.25) is 0 Å². The van der Waals surface area contributed by atoms with Crippen LogP contribution >= 0.6 is 0 Å². The number of hydrogen-bond donors (Lipinski definition) is 1. The Morgan fingerprint density at radius 2 is 1.76 bits per heavy atom. The standard InChI is InChI=1S/C19H25NO/c1-4-15(2)18-8-10-19(11-9-18)20-13-16-6-5-7-17(12-16)14-21-3/h5-12,15,20H,4,13-14H2,1-3H3. The first kappa shape index (κ1) is 15.6. The molecule has 2 aromatic carbocycles. The van der Waals surface area contributed by atoms with Crippen molar-refractivity contribution in [2.24, 2.45) is 0 Å². The largest absolute Gasteiger partial charge is 0.381 e. The van der Waals surface area contributed by atoms with Crippen molar-refractivity contribution in [1.29, 1.82) is 0 Å². The zero-order valence-corrected chi connectivity index (χ0v) is 13.2. The first-order chi connectivity index (χ1) is 10.2. The Kier molecular flexibility index (Phi) is 5.82. The van der Waals surface area contributed by atoms with E-state index < -0.39 is 0 Å². The van der Waals surface area contributed by atoms with Gasteiger partial charge in [-0.25, -0.2) is 0 Å². The molecule has 21 heavy (non-hydrogen) atoms. The third kappa shape index (κ3) is 4.61. The Morgan fingerprint density at radius 1 is 1.05 bits per heavy atom. The SMILES string of the molecule is CCC(C)c1ccc(NCc2cccc(COC)c2)cc1. The number of methoxy groups -OCH3 is 1. The number of ether oxygens (including phenoxy) is 1. The van der Waals surface area contributed by atoms with Crippen molar-refractivity contribution < 1.29 is 4.74 Å². The van der Waals surface area contributed by atoms with Crippen molar-refractivity contribution in [3.63, 3.8) is 0 Å². The molecule has 0 bridgehead atoms. The minimum absolute atomic E-state index is 0.629. The summed E-state index contributed by atoms with van der Waals surface area (Å²) in [6.07, 6.45) is 1.18. The molecule has 0 aromatic heterocycles. The lowest BCUT2D eigenvalue weighted by atomic mass is 9.98. The van der Waals surface area contributed by atoms with Gasteiger partial charge in [0, 0.05) is 19.3 Å². The summed E-state index contributed by atoms with van der Waals surface area (Å²) < 4.78 is 5.17. The summed E-state index contributed by atoms with van der Waals surface area (Å²) in [6, 6.07) is 17.3. The number of benzene rings is 2. The van der Waals surface area contributed by atoms with Crippen molar-refractivity contribution in [3.8, 4) is 0 Å². The van der Waals surface area contributed by atoms with E-state index in [1.165, 1.54) is 28.8 Å². The highest BCUT2D eigenvalue weighted by atomic mass is 16.5. The molecule has 0 radical (unpaired) electrons. The Hall–Kier alpha value is -1.80. The van der Waals surface area contributed by atoms with E-state index in [2.05, 4.69) is 67.7 Å². The van der Waals surface area contributed by atoms with Gasteiger partial charge in [-0.3, -0.25) is 0 Å². The summed E-state index contributed by atoms with van der Waals surface area (Å²) in [7, 11) is 1.73. The Morgan fingerprint density at radius 3 is 2.43 bits per heavy atom. The zero-order chi connectivity index (χ0) is 15.1. The lowest BCUT2D eigenvalue weighted by Crippen LogP contribution is -2.01. The summed E-state index contributed by atoms with van der Waals surface area (Å²) in [5.74, 6) is 0.629. The molecule has 1 atom stereocenters.